The van der Waals surface area contributed by atoms with E-state index in [4.69, 9.17) is 0 Å². The fourth-order valence-corrected chi connectivity index (χ4v) is 2.67. The van der Waals surface area contributed by atoms with Crippen LogP contribution in [0.3, 0.4) is 0 Å². The van der Waals surface area contributed by atoms with Crippen LogP contribution >= 0.6 is 0 Å². The summed E-state index contributed by atoms with van der Waals surface area (Å²) < 4.78 is 40.0. The van der Waals surface area contributed by atoms with E-state index in [1.807, 2.05) is 10.8 Å². The molecule has 0 radical (unpaired) electrons. The van der Waals surface area contributed by atoms with Crippen LogP contribution in [0.2, 0.25) is 0 Å². The second-order valence-corrected chi connectivity index (χ2v) is 5.32. The van der Waals surface area contributed by atoms with E-state index < -0.39 is 17.8 Å². The lowest BCUT2D eigenvalue weighted by atomic mass is 10.1. The first-order valence-electron chi connectivity index (χ1n) is 6.83. The first kappa shape index (κ1) is 14.1. The minimum atomic E-state index is -4.33. The zero-order valence-corrected chi connectivity index (χ0v) is 11.3. The molecule has 21 heavy (non-hydrogen) atoms. The molecule has 1 aromatic heterocycles. The topological polar surface area (TPSA) is 38.0 Å². The fourth-order valence-electron chi connectivity index (χ4n) is 2.67. The van der Waals surface area contributed by atoms with E-state index >= 15 is 0 Å². The van der Waals surface area contributed by atoms with Gasteiger partial charge in [-0.05, 0) is 24.5 Å². The van der Waals surface area contributed by atoms with Crippen LogP contribution in [0.1, 0.15) is 41.6 Å². The SMILES string of the molecule is OC1CCCn2cc(Cc3cccc(C(F)(F)F)c3)nc21. The Hall–Kier alpha value is -1.82. The van der Waals surface area contributed by atoms with Crippen molar-refractivity contribution in [2.75, 3.05) is 0 Å². The Morgan fingerprint density at radius 1 is 1.33 bits per heavy atom. The summed E-state index contributed by atoms with van der Waals surface area (Å²) in [6.45, 7) is 0.794. The quantitative estimate of drug-likeness (QED) is 0.923. The highest BCUT2D eigenvalue weighted by Crippen LogP contribution is 2.30. The third-order valence-electron chi connectivity index (χ3n) is 3.67. The van der Waals surface area contributed by atoms with Gasteiger partial charge in [-0.15, -0.1) is 0 Å². The van der Waals surface area contributed by atoms with Crippen molar-refractivity contribution < 1.29 is 18.3 Å². The highest BCUT2D eigenvalue weighted by molar-refractivity contribution is 5.29. The summed E-state index contributed by atoms with van der Waals surface area (Å²) in [5.74, 6) is 0.614. The van der Waals surface area contributed by atoms with E-state index in [9.17, 15) is 18.3 Å². The molecule has 0 aliphatic carbocycles. The van der Waals surface area contributed by atoms with Crippen LogP contribution in [-0.4, -0.2) is 14.7 Å². The van der Waals surface area contributed by atoms with Crippen LogP contribution in [-0.2, 0) is 19.1 Å². The molecule has 0 fully saturated rings. The minimum absolute atomic E-state index is 0.330. The van der Waals surface area contributed by atoms with Crippen LogP contribution in [0.15, 0.2) is 30.5 Å². The zero-order chi connectivity index (χ0) is 15.0. The minimum Gasteiger partial charge on any atom is -0.385 e. The monoisotopic (exact) mass is 296 g/mol. The molecule has 3 nitrogen and oxygen atoms in total. The number of fused-ring (bicyclic) bond motifs is 1. The van der Waals surface area contributed by atoms with Gasteiger partial charge in [-0.3, -0.25) is 0 Å². The van der Waals surface area contributed by atoms with Gasteiger partial charge >= 0.3 is 6.18 Å². The third-order valence-corrected chi connectivity index (χ3v) is 3.67. The molecular formula is C15H15F3N2O. The number of aliphatic hydroxyl groups is 1. The molecule has 2 aromatic rings. The normalized spacial score (nSPS) is 18.6. The number of alkyl halides is 3. The molecule has 3 rings (SSSR count). The van der Waals surface area contributed by atoms with Crippen molar-refractivity contribution in [2.45, 2.75) is 38.1 Å². The van der Waals surface area contributed by atoms with Crippen LogP contribution in [0.4, 0.5) is 13.2 Å². The second-order valence-electron chi connectivity index (χ2n) is 5.32. The lowest BCUT2D eigenvalue weighted by molar-refractivity contribution is -0.137. The summed E-state index contributed by atoms with van der Waals surface area (Å²) in [5.41, 5.74) is 0.601. The van der Waals surface area contributed by atoms with E-state index in [1.54, 1.807) is 6.07 Å². The Kier molecular flexibility index (Phi) is 3.49. The predicted octanol–water partition coefficient (Wildman–Crippen LogP) is 3.32. The summed E-state index contributed by atoms with van der Waals surface area (Å²) in [6, 6.07) is 5.27. The lowest BCUT2D eigenvalue weighted by Gasteiger charge is -2.18. The summed E-state index contributed by atoms with van der Waals surface area (Å²) in [4.78, 5) is 4.35. The van der Waals surface area contributed by atoms with Crippen molar-refractivity contribution >= 4 is 0 Å². The Balaban J connectivity index is 1.84. The van der Waals surface area contributed by atoms with Crippen LogP contribution in [0.25, 0.3) is 0 Å². The summed E-state index contributed by atoms with van der Waals surface area (Å²) in [7, 11) is 0. The molecule has 1 aromatic carbocycles. The smallest absolute Gasteiger partial charge is 0.385 e. The number of benzene rings is 1. The first-order valence-corrected chi connectivity index (χ1v) is 6.83. The first-order chi connectivity index (χ1) is 9.93. The molecule has 0 saturated carbocycles. The van der Waals surface area contributed by atoms with Crippen molar-refractivity contribution in [3.63, 3.8) is 0 Å². The molecule has 0 amide bonds. The number of nitrogens with zero attached hydrogens (tertiary/aromatic N) is 2. The van der Waals surface area contributed by atoms with Gasteiger partial charge in [0.1, 0.15) is 11.9 Å². The number of hydrogen-bond acceptors (Lipinski definition) is 2. The van der Waals surface area contributed by atoms with Crippen molar-refractivity contribution in [3.8, 4) is 0 Å². The van der Waals surface area contributed by atoms with Gasteiger partial charge in [-0.25, -0.2) is 4.98 Å². The van der Waals surface area contributed by atoms with Gasteiger partial charge in [-0.2, -0.15) is 13.2 Å². The number of rotatable bonds is 2. The average molecular weight is 296 g/mol. The molecule has 2 heterocycles. The van der Waals surface area contributed by atoms with Gasteiger partial charge in [0.15, 0.2) is 0 Å². The second kappa shape index (κ2) is 5.18. The van der Waals surface area contributed by atoms with Crippen molar-refractivity contribution in [3.05, 3.63) is 53.1 Å². The molecule has 0 spiro atoms. The molecule has 1 unspecified atom stereocenters. The zero-order valence-electron chi connectivity index (χ0n) is 11.3. The van der Waals surface area contributed by atoms with E-state index in [2.05, 4.69) is 4.98 Å². The Labute approximate surface area is 120 Å². The lowest BCUT2D eigenvalue weighted by Crippen LogP contribution is -2.14. The maximum absolute atomic E-state index is 12.7. The van der Waals surface area contributed by atoms with Gasteiger partial charge in [-0.1, -0.05) is 18.2 Å². The molecule has 6 heteroatoms. The van der Waals surface area contributed by atoms with Gasteiger partial charge in [0.25, 0.3) is 0 Å². The van der Waals surface area contributed by atoms with Crippen LogP contribution in [0, 0.1) is 0 Å². The maximum atomic E-state index is 12.7. The molecule has 0 saturated heterocycles. The molecule has 112 valence electrons. The van der Waals surface area contributed by atoms with E-state index in [-0.39, 0.29) is 0 Å². The van der Waals surface area contributed by atoms with E-state index in [1.165, 1.54) is 6.07 Å². The van der Waals surface area contributed by atoms with Crippen molar-refractivity contribution in [1.29, 1.82) is 0 Å². The molecule has 0 bridgehead atoms. The summed E-state index contributed by atoms with van der Waals surface area (Å²) in [6.07, 6.45) is -1.20. The van der Waals surface area contributed by atoms with E-state index in [0.29, 0.717) is 29.9 Å². The molecular weight excluding hydrogens is 281 g/mol. The fraction of sp³-hybridized carbons (Fsp3) is 0.400. The number of imidazole rings is 1. The Morgan fingerprint density at radius 3 is 2.86 bits per heavy atom. The van der Waals surface area contributed by atoms with Crippen LogP contribution in [0.5, 0.6) is 0 Å². The maximum Gasteiger partial charge on any atom is 0.416 e. The Morgan fingerprint density at radius 2 is 2.14 bits per heavy atom. The molecule has 1 N–H and O–H groups in total. The van der Waals surface area contributed by atoms with Gasteiger partial charge in [0.2, 0.25) is 0 Å². The van der Waals surface area contributed by atoms with Crippen molar-refractivity contribution in [2.24, 2.45) is 0 Å². The highest BCUT2D eigenvalue weighted by Gasteiger charge is 2.30. The molecule has 1 aliphatic rings. The predicted molar refractivity (Wildman–Crippen MR) is 70.7 cm³/mol. The van der Waals surface area contributed by atoms with Gasteiger partial charge < -0.3 is 9.67 Å². The Bertz CT molecular complexity index is 649. The van der Waals surface area contributed by atoms with Crippen LogP contribution < -0.4 is 0 Å². The standard InChI is InChI=1S/C15H15F3N2O/c16-15(17,18)11-4-1-3-10(7-11)8-12-9-20-6-2-5-13(21)14(20)19-12/h1,3-4,7,9,13,21H,2,5-6,8H2. The van der Waals surface area contributed by atoms with E-state index in [0.717, 1.165) is 25.1 Å². The molecule has 1 aliphatic heterocycles. The summed E-state index contributed by atoms with van der Waals surface area (Å²) in [5, 5.41) is 9.86. The van der Waals surface area contributed by atoms with Crippen molar-refractivity contribution in [1.82, 2.24) is 9.55 Å². The number of aromatic nitrogens is 2. The molecule has 1 atom stereocenters. The average Bonchev–Trinajstić information content (AvgIpc) is 2.82. The third kappa shape index (κ3) is 2.95. The summed E-state index contributed by atoms with van der Waals surface area (Å²) >= 11 is 0. The number of aliphatic hydroxyl groups excluding tert-OH is 1. The van der Waals surface area contributed by atoms with Gasteiger partial charge in [0.05, 0.1) is 11.3 Å². The number of aryl methyl sites for hydroxylation is 1. The van der Waals surface area contributed by atoms with Gasteiger partial charge in [0, 0.05) is 19.2 Å². The number of halogens is 3. The number of hydrogen-bond donors (Lipinski definition) is 1. The highest BCUT2D eigenvalue weighted by atomic mass is 19.4. The largest absolute Gasteiger partial charge is 0.416 e.